The molecule has 0 heterocycles. The Morgan fingerprint density at radius 1 is 1.30 bits per heavy atom. The van der Waals surface area contributed by atoms with Crippen molar-refractivity contribution >= 4 is 0 Å². The second-order valence-corrected chi connectivity index (χ2v) is 3.52. The Hall–Kier alpha value is -0.300. The van der Waals surface area contributed by atoms with Crippen molar-refractivity contribution in [3.63, 3.8) is 0 Å². The first kappa shape index (κ1) is 9.70. The maximum Gasteiger partial charge on any atom is 0.0309 e. The van der Waals surface area contributed by atoms with E-state index in [9.17, 15) is 0 Å². The largest absolute Gasteiger partial charge is 0.306 e. The molecule has 1 nitrogen and oxygen atoms in total. The molecule has 1 N–H and O–H groups in total. The zero-order valence-electron chi connectivity index (χ0n) is 7.73. The lowest BCUT2D eigenvalue weighted by Crippen LogP contribution is -2.41. The second kappa shape index (κ2) is 3.77. The van der Waals surface area contributed by atoms with Gasteiger partial charge in [0, 0.05) is 11.6 Å². The molecule has 0 aromatic carbocycles. The fourth-order valence-electron chi connectivity index (χ4n) is 1.21. The molecule has 0 saturated carbocycles. The number of rotatable bonds is 3. The Bertz CT molecular complexity index is 112. The van der Waals surface area contributed by atoms with Gasteiger partial charge in [-0.3, -0.25) is 0 Å². The van der Waals surface area contributed by atoms with Crippen LogP contribution < -0.4 is 5.32 Å². The number of nitrogens with one attached hydrogen (secondary N) is 1. The van der Waals surface area contributed by atoms with Crippen LogP contribution in [-0.2, 0) is 0 Å². The molecule has 0 aliphatic heterocycles. The highest BCUT2D eigenvalue weighted by atomic mass is 15.0. The fourth-order valence-corrected chi connectivity index (χ4v) is 1.21. The van der Waals surface area contributed by atoms with E-state index in [0.29, 0.717) is 6.04 Å². The Morgan fingerprint density at radius 3 is 2.10 bits per heavy atom. The minimum atomic E-state index is 0.142. The van der Waals surface area contributed by atoms with Crippen LogP contribution in [0.1, 0.15) is 34.6 Å². The molecular weight excluding hydrogens is 122 g/mol. The van der Waals surface area contributed by atoms with Gasteiger partial charge in [-0.2, -0.15) is 0 Å². The minimum absolute atomic E-state index is 0.142. The molecule has 0 atom stereocenters. The molecule has 0 saturated heterocycles. The summed E-state index contributed by atoms with van der Waals surface area (Å²) in [6.07, 6.45) is 4.25. The van der Waals surface area contributed by atoms with E-state index in [4.69, 9.17) is 0 Å². The van der Waals surface area contributed by atoms with Gasteiger partial charge in [0.05, 0.1) is 0 Å². The van der Waals surface area contributed by atoms with E-state index >= 15 is 0 Å². The molecule has 0 rings (SSSR count). The van der Waals surface area contributed by atoms with E-state index < -0.39 is 0 Å². The van der Waals surface area contributed by atoms with Gasteiger partial charge < -0.3 is 5.32 Å². The Kier molecular flexibility index (Phi) is 3.66. The van der Waals surface area contributed by atoms with Crippen LogP contribution in [0.4, 0.5) is 0 Å². The topological polar surface area (TPSA) is 12.0 Å². The second-order valence-electron chi connectivity index (χ2n) is 3.52. The molecule has 0 amide bonds. The fraction of sp³-hybridized carbons (Fsp3) is 0.778. The number of hydrogen-bond acceptors (Lipinski definition) is 1. The lowest BCUT2D eigenvalue weighted by atomic mass is 10.0. The highest BCUT2D eigenvalue weighted by Crippen LogP contribution is 2.04. The quantitative estimate of drug-likeness (QED) is 0.595. The average Bonchev–Trinajstić information content (AvgIpc) is 1.59. The third-order valence-electron chi connectivity index (χ3n) is 1.24. The maximum atomic E-state index is 3.43. The SMILES string of the molecule is CC=CC(C)(C)NC(C)C. The summed E-state index contributed by atoms with van der Waals surface area (Å²) in [5.74, 6) is 0. The number of hydrogen-bond donors (Lipinski definition) is 1. The molecule has 0 radical (unpaired) electrons. The van der Waals surface area contributed by atoms with Crippen molar-refractivity contribution in [3.8, 4) is 0 Å². The van der Waals surface area contributed by atoms with Gasteiger partial charge >= 0.3 is 0 Å². The standard InChI is InChI=1S/C9H19N/c1-6-7-9(4,5)10-8(2)3/h6-8,10H,1-5H3. The van der Waals surface area contributed by atoms with Crippen molar-refractivity contribution in [1.29, 1.82) is 0 Å². The highest BCUT2D eigenvalue weighted by molar-refractivity contribution is 5.00. The maximum absolute atomic E-state index is 3.43. The van der Waals surface area contributed by atoms with Crippen molar-refractivity contribution in [2.45, 2.75) is 46.2 Å². The lowest BCUT2D eigenvalue weighted by molar-refractivity contribution is 0.427. The predicted octanol–water partition coefficient (Wildman–Crippen LogP) is 2.34. The van der Waals surface area contributed by atoms with Crippen LogP contribution in [-0.4, -0.2) is 11.6 Å². The summed E-state index contributed by atoms with van der Waals surface area (Å²) in [4.78, 5) is 0. The van der Waals surface area contributed by atoms with Gasteiger partial charge in [0.25, 0.3) is 0 Å². The summed E-state index contributed by atoms with van der Waals surface area (Å²) in [6.45, 7) is 10.7. The van der Waals surface area contributed by atoms with Crippen LogP contribution in [0, 0.1) is 0 Å². The van der Waals surface area contributed by atoms with Gasteiger partial charge in [-0.1, -0.05) is 26.0 Å². The smallest absolute Gasteiger partial charge is 0.0309 e. The van der Waals surface area contributed by atoms with Crippen LogP contribution in [0.25, 0.3) is 0 Å². The van der Waals surface area contributed by atoms with Gasteiger partial charge in [-0.25, -0.2) is 0 Å². The van der Waals surface area contributed by atoms with E-state index in [1.54, 1.807) is 0 Å². The first-order valence-electron chi connectivity index (χ1n) is 3.89. The Labute approximate surface area is 64.5 Å². The molecule has 0 fully saturated rings. The molecule has 1 heteroatoms. The Morgan fingerprint density at radius 2 is 1.80 bits per heavy atom. The lowest BCUT2D eigenvalue weighted by Gasteiger charge is -2.24. The van der Waals surface area contributed by atoms with Crippen LogP contribution >= 0.6 is 0 Å². The van der Waals surface area contributed by atoms with Gasteiger partial charge in [0.15, 0.2) is 0 Å². The van der Waals surface area contributed by atoms with Crippen LogP contribution in [0.3, 0.4) is 0 Å². The van der Waals surface area contributed by atoms with Crippen LogP contribution in [0.15, 0.2) is 12.2 Å². The molecule has 0 unspecified atom stereocenters. The minimum Gasteiger partial charge on any atom is -0.306 e. The molecule has 0 spiro atoms. The summed E-state index contributed by atoms with van der Waals surface area (Å²) < 4.78 is 0. The van der Waals surface area contributed by atoms with Crippen molar-refractivity contribution in [2.75, 3.05) is 0 Å². The van der Waals surface area contributed by atoms with E-state index in [1.165, 1.54) is 0 Å². The molecule has 0 aromatic rings. The van der Waals surface area contributed by atoms with Crippen LogP contribution in [0.2, 0.25) is 0 Å². The molecular formula is C9H19N. The van der Waals surface area contributed by atoms with Crippen molar-refractivity contribution in [2.24, 2.45) is 0 Å². The van der Waals surface area contributed by atoms with E-state index in [-0.39, 0.29) is 5.54 Å². The van der Waals surface area contributed by atoms with Gasteiger partial charge in [0.1, 0.15) is 0 Å². The zero-order chi connectivity index (χ0) is 8.20. The van der Waals surface area contributed by atoms with E-state index in [1.807, 2.05) is 6.92 Å². The van der Waals surface area contributed by atoms with Crippen molar-refractivity contribution < 1.29 is 0 Å². The molecule has 10 heavy (non-hydrogen) atoms. The molecule has 0 aliphatic carbocycles. The molecule has 0 aromatic heterocycles. The van der Waals surface area contributed by atoms with Gasteiger partial charge in [0.2, 0.25) is 0 Å². The summed E-state index contributed by atoms with van der Waals surface area (Å²) in [5.41, 5.74) is 0.142. The molecule has 0 bridgehead atoms. The zero-order valence-corrected chi connectivity index (χ0v) is 7.73. The summed E-state index contributed by atoms with van der Waals surface area (Å²) >= 11 is 0. The summed E-state index contributed by atoms with van der Waals surface area (Å²) in [5, 5.41) is 3.43. The average molecular weight is 141 g/mol. The number of allylic oxidation sites excluding steroid dienone is 1. The van der Waals surface area contributed by atoms with Gasteiger partial charge in [-0.05, 0) is 20.8 Å². The molecule has 60 valence electrons. The first-order chi connectivity index (χ1) is 4.48. The van der Waals surface area contributed by atoms with Gasteiger partial charge in [-0.15, -0.1) is 0 Å². The van der Waals surface area contributed by atoms with Crippen LogP contribution in [0.5, 0.6) is 0 Å². The predicted molar refractivity (Wildman–Crippen MR) is 47.2 cm³/mol. The summed E-state index contributed by atoms with van der Waals surface area (Å²) in [7, 11) is 0. The third-order valence-corrected chi connectivity index (χ3v) is 1.24. The summed E-state index contributed by atoms with van der Waals surface area (Å²) in [6, 6.07) is 0.547. The molecule has 0 aliphatic rings. The normalized spacial score (nSPS) is 13.4. The first-order valence-corrected chi connectivity index (χ1v) is 3.89. The van der Waals surface area contributed by atoms with Crippen molar-refractivity contribution in [3.05, 3.63) is 12.2 Å². The van der Waals surface area contributed by atoms with E-state index in [2.05, 4.69) is 45.2 Å². The monoisotopic (exact) mass is 141 g/mol. The third kappa shape index (κ3) is 4.57. The highest BCUT2D eigenvalue weighted by Gasteiger charge is 2.12. The Balaban J connectivity index is 3.86. The van der Waals surface area contributed by atoms with Crippen molar-refractivity contribution in [1.82, 2.24) is 5.32 Å². The van der Waals surface area contributed by atoms with E-state index in [0.717, 1.165) is 0 Å².